The van der Waals surface area contributed by atoms with Crippen molar-refractivity contribution < 1.29 is 0 Å². The fourth-order valence-corrected chi connectivity index (χ4v) is 6.95. The Labute approximate surface area is 215 Å². The van der Waals surface area contributed by atoms with Crippen LogP contribution in [0.15, 0.2) is 69.5 Å². The third kappa shape index (κ3) is 6.20. The minimum atomic E-state index is -0.290. The van der Waals surface area contributed by atoms with Crippen molar-refractivity contribution in [1.82, 2.24) is 14.3 Å². The van der Waals surface area contributed by atoms with Crippen LogP contribution in [0.5, 0.6) is 0 Å². The van der Waals surface area contributed by atoms with Gasteiger partial charge in [-0.2, -0.15) is 10.2 Å². The lowest BCUT2D eigenvalue weighted by molar-refractivity contribution is 0.425. The summed E-state index contributed by atoms with van der Waals surface area (Å²) in [5.74, 6) is 1.47. The number of anilines is 3. The van der Waals surface area contributed by atoms with E-state index in [2.05, 4.69) is 62.0 Å². The van der Waals surface area contributed by atoms with Gasteiger partial charge in [-0.05, 0) is 66.4 Å². The molecule has 0 atom stereocenters. The molecule has 1 saturated heterocycles. The van der Waals surface area contributed by atoms with Gasteiger partial charge in [0.2, 0.25) is 5.95 Å². The first-order valence-electron chi connectivity index (χ1n) is 11.2. The van der Waals surface area contributed by atoms with Crippen LogP contribution in [0.3, 0.4) is 0 Å². The Hall–Kier alpha value is -2.93. The van der Waals surface area contributed by atoms with Crippen molar-refractivity contribution in [3.8, 4) is 11.3 Å². The highest BCUT2D eigenvalue weighted by Gasteiger charge is 2.20. The molecule has 0 amide bonds. The third-order valence-electron chi connectivity index (χ3n) is 5.44. The fourth-order valence-electron chi connectivity index (χ4n) is 3.58. The van der Waals surface area contributed by atoms with Crippen molar-refractivity contribution in [1.29, 1.82) is 5.26 Å². The molecule has 3 heterocycles. The van der Waals surface area contributed by atoms with Crippen LogP contribution >= 0.6 is 22.7 Å². The van der Waals surface area contributed by atoms with E-state index >= 15 is 0 Å². The number of aryl methyl sites for hydroxylation is 1. The minimum absolute atomic E-state index is 0.290. The molecule has 178 valence electrons. The van der Waals surface area contributed by atoms with Gasteiger partial charge in [-0.25, -0.2) is 20.1 Å². The first-order chi connectivity index (χ1) is 17.2. The second kappa shape index (κ2) is 11.2. The van der Waals surface area contributed by atoms with E-state index in [1.54, 1.807) is 22.9 Å². The zero-order valence-electron chi connectivity index (χ0n) is 19.2. The smallest absolute Gasteiger partial charge is 0.225 e. The van der Waals surface area contributed by atoms with Gasteiger partial charge in [0.05, 0.1) is 18.2 Å². The van der Waals surface area contributed by atoms with E-state index in [1.807, 2.05) is 35.7 Å². The molecule has 1 fully saturated rings. The molecule has 2 aliphatic heterocycles. The zero-order chi connectivity index (χ0) is 24.0. The van der Waals surface area contributed by atoms with Crippen LogP contribution in [-0.2, 0) is 9.33 Å². The molecule has 0 saturated carbocycles. The molecule has 0 unspecified atom stereocenters. The number of aromatic nitrogens is 2. The van der Waals surface area contributed by atoms with Crippen LogP contribution in [0.25, 0.3) is 0 Å². The summed E-state index contributed by atoms with van der Waals surface area (Å²) >= 11 is 1.81. The SMILES string of the molecule is Cc1ccc(SN2CCN(c3nc(Nc4ccc(C#N)cc4)cc([S-]4#CCN=CS4)n3)CC2)cc1. The number of hydrogen-bond donors (Lipinski definition) is 1. The van der Waals surface area contributed by atoms with Crippen molar-refractivity contribution in [3.05, 3.63) is 65.7 Å². The topological polar surface area (TPSA) is 80.4 Å². The van der Waals surface area contributed by atoms with E-state index in [-0.39, 0.29) is 9.33 Å². The van der Waals surface area contributed by atoms with Gasteiger partial charge in [0.25, 0.3) is 0 Å². The zero-order valence-corrected chi connectivity index (χ0v) is 21.7. The average Bonchev–Trinajstić information content (AvgIpc) is 2.91. The van der Waals surface area contributed by atoms with Gasteiger partial charge in [0.1, 0.15) is 5.82 Å². The second-order valence-corrected chi connectivity index (χ2v) is 12.4. The van der Waals surface area contributed by atoms with Crippen LogP contribution in [0.1, 0.15) is 11.1 Å². The van der Waals surface area contributed by atoms with Gasteiger partial charge in [-0.15, -0.1) is 0 Å². The molecule has 1 N–H and O–H groups in total. The van der Waals surface area contributed by atoms with Gasteiger partial charge < -0.3 is 19.6 Å². The van der Waals surface area contributed by atoms with E-state index in [0.29, 0.717) is 12.1 Å². The van der Waals surface area contributed by atoms with Crippen LogP contribution in [0.2, 0.25) is 0 Å². The lowest BCUT2D eigenvalue weighted by Crippen LogP contribution is -2.44. The summed E-state index contributed by atoms with van der Waals surface area (Å²) in [4.78, 5) is 17.6. The summed E-state index contributed by atoms with van der Waals surface area (Å²) < 4.78 is 2.40. The maximum absolute atomic E-state index is 9.07. The minimum Gasteiger partial charge on any atom is -0.347 e. The first kappa shape index (κ1) is 23.8. The predicted octanol–water partition coefficient (Wildman–Crippen LogP) is 4.86. The maximum Gasteiger partial charge on any atom is 0.225 e. The quantitative estimate of drug-likeness (QED) is 0.222. The molecule has 1 aromatic heterocycles. The molecule has 2 aromatic carbocycles. The van der Waals surface area contributed by atoms with Crippen LogP contribution in [0, 0.1) is 23.4 Å². The molecule has 5 rings (SSSR count). The molecule has 10 heteroatoms. The summed E-state index contributed by atoms with van der Waals surface area (Å²) in [6, 6.07) is 20.2. The standard InChI is InChI=1S/C25H24N7S3/c1-19-2-8-22(9-3-19)34-32-13-11-31(12-14-32)25-29-23(28-21-6-4-20(17-26)5-7-21)16-24(30-25)35-15-10-27-18-33-35/h2-9,16,18H,10-14H2,1H3,(H,28,29,30)/q-1. The van der Waals surface area contributed by atoms with Gasteiger partial charge >= 0.3 is 0 Å². The second-order valence-electron chi connectivity index (χ2n) is 7.98. The first-order valence-corrected chi connectivity index (χ1v) is 14.6. The Morgan fingerprint density at radius 3 is 2.51 bits per heavy atom. The summed E-state index contributed by atoms with van der Waals surface area (Å²) in [5.41, 5.74) is 4.67. The number of piperazine rings is 1. The van der Waals surface area contributed by atoms with Crippen molar-refractivity contribution in [2.45, 2.75) is 16.8 Å². The lowest BCUT2D eigenvalue weighted by atomic mass is 10.2. The van der Waals surface area contributed by atoms with Crippen LogP contribution < -0.4 is 10.2 Å². The molecule has 2 aliphatic rings. The number of hydrogen-bond acceptors (Lipinski definition) is 10. The number of nitrogens with zero attached hydrogens (tertiary/aromatic N) is 6. The number of nitriles is 1. The Bertz CT molecular complexity index is 1340. The monoisotopic (exact) mass is 518 g/mol. The summed E-state index contributed by atoms with van der Waals surface area (Å²) in [7, 11) is 1.35. The molecule has 0 spiro atoms. The van der Waals surface area contributed by atoms with Gasteiger partial charge in [-0.3, -0.25) is 10.2 Å². The Morgan fingerprint density at radius 2 is 1.83 bits per heavy atom. The molecular weight excluding hydrogens is 495 g/mol. The average molecular weight is 519 g/mol. The highest BCUT2D eigenvalue weighted by molar-refractivity contribution is 8.75. The number of rotatable bonds is 5. The summed E-state index contributed by atoms with van der Waals surface area (Å²) in [6.07, 6.45) is 0. The van der Waals surface area contributed by atoms with Crippen LogP contribution in [-0.4, -0.2) is 52.5 Å². The van der Waals surface area contributed by atoms with Crippen LogP contribution in [0.4, 0.5) is 17.5 Å². The molecule has 0 bridgehead atoms. The number of benzene rings is 2. The molecule has 35 heavy (non-hydrogen) atoms. The molecule has 0 radical (unpaired) electrons. The number of nitrogens with one attached hydrogen (secondary N) is 1. The largest absolute Gasteiger partial charge is 0.347 e. The fraction of sp³-hybridized carbons (Fsp3) is 0.240. The van der Waals surface area contributed by atoms with E-state index in [9.17, 15) is 0 Å². The maximum atomic E-state index is 9.07. The molecule has 7 nitrogen and oxygen atoms in total. The van der Waals surface area contributed by atoms with E-state index in [0.717, 1.165) is 48.7 Å². The Balaban J connectivity index is 1.34. The van der Waals surface area contributed by atoms with E-state index in [1.165, 1.54) is 10.5 Å². The van der Waals surface area contributed by atoms with Crippen molar-refractivity contribution >= 4 is 55.1 Å². The molecule has 3 aromatic rings. The van der Waals surface area contributed by atoms with Gasteiger partial charge in [0.15, 0.2) is 0 Å². The predicted molar refractivity (Wildman–Crippen MR) is 148 cm³/mol. The number of aliphatic imine (C=N–C) groups is 1. The molecule has 0 aliphatic carbocycles. The van der Waals surface area contributed by atoms with Gasteiger partial charge in [-0.1, -0.05) is 17.7 Å². The van der Waals surface area contributed by atoms with Crippen molar-refractivity contribution in [2.75, 3.05) is 42.9 Å². The Morgan fingerprint density at radius 1 is 1.06 bits per heavy atom. The highest BCUT2D eigenvalue weighted by atomic mass is 33.1. The third-order valence-corrected chi connectivity index (χ3v) is 9.66. The van der Waals surface area contributed by atoms with Crippen molar-refractivity contribution in [3.63, 3.8) is 0 Å². The van der Waals surface area contributed by atoms with E-state index < -0.39 is 0 Å². The Kier molecular flexibility index (Phi) is 7.62. The summed E-state index contributed by atoms with van der Waals surface area (Å²) in [6.45, 7) is 6.26. The van der Waals surface area contributed by atoms with E-state index in [4.69, 9.17) is 15.2 Å². The normalized spacial score (nSPS) is 16.3. The molecular formula is C25H24N7S3-. The summed E-state index contributed by atoms with van der Waals surface area (Å²) in [5, 5.41) is 16.8. The highest BCUT2D eigenvalue weighted by Crippen LogP contribution is 2.27. The lowest BCUT2D eigenvalue weighted by Gasteiger charge is -2.34. The van der Waals surface area contributed by atoms with Crippen molar-refractivity contribution in [2.24, 2.45) is 4.99 Å². The van der Waals surface area contributed by atoms with Gasteiger partial charge in [0, 0.05) is 42.3 Å².